The molecule has 78 valence electrons. The molecule has 1 aliphatic heterocycles. The van der Waals surface area contributed by atoms with Gasteiger partial charge in [-0.3, -0.25) is 0 Å². The number of nitrogens with one attached hydrogen (secondary N) is 1. The van der Waals surface area contributed by atoms with E-state index in [1.165, 1.54) is 11.3 Å². The zero-order valence-corrected chi connectivity index (χ0v) is 8.72. The van der Waals surface area contributed by atoms with Crippen LogP contribution in [0.3, 0.4) is 0 Å². The highest BCUT2D eigenvalue weighted by molar-refractivity contribution is 7.13. The highest BCUT2D eigenvalue weighted by Gasteiger charge is 2.15. The number of rotatable bonds is 4. The maximum Gasteiger partial charge on any atom is 0.183 e. The first kappa shape index (κ1) is 9.89. The van der Waals surface area contributed by atoms with Crippen LogP contribution in [0, 0.1) is 0 Å². The summed E-state index contributed by atoms with van der Waals surface area (Å²) >= 11 is 1.52. The smallest absolute Gasteiger partial charge is 0.183 e. The van der Waals surface area contributed by atoms with Crippen LogP contribution in [0.4, 0.5) is 5.13 Å². The number of aliphatic hydroxyl groups is 1. The van der Waals surface area contributed by atoms with Crippen LogP contribution in [0.5, 0.6) is 0 Å². The fraction of sp³-hybridized carbons (Fsp3) is 0.667. The summed E-state index contributed by atoms with van der Waals surface area (Å²) in [5, 5.41) is 14.8. The minimum Gasteiger partial charge on any atom is -0.390 e. The molecule has 1 atom stereocenters. The van der Waals surface area contributed by atoms with Crippen molar-refractivity contribution in [2.75, 3.05) is 18.5 Å². The normalized spacial score (nSPS) is 21.4. The molecule has 2 heterocycles. The van der Waals surface area contributed by atoms with Crippen molar-refractivity contribution < 1.29 is 9.84 Å². The van der Waals surface area contributed by atoms with E-state index >= 15 is 0 Å². The molecule has 2 rings (SSSR count). The van der Waals surface area contributed by atoms with Gasteiger partial charge in [0.25, 0.3) is 0 Å². The van der Waals surface area contributed by atoms with Gasteiger partial charge in [0.1, 0.15) is 0 Å². The van der Waals surface area contributed by atoms with Gasteiger partial charge < -0.3 is 15.2 Å². The van der Waals surface area contributed by atoms with Crippen molar-refractivity contribution in [2.45, 2.75) is 25.6 Å². The predicted octanol–water partition coefficient (Wildman–Crippen LogP) is 1.23. The van der Waals surface area contributed by atoms with Crippen LogP contribution in [0.15, 0.2) is 5.38 Å². The second kappa shape index (κ2) is 4.72. The Morgan fingerprint density at radius 2 is 2.64 bits per heavy atom. The summed E-state index contributed by atoms with van der Waals surface area (Å²) in [5.74, 6) is 0. The van der Waals surface area contributed by atoms with E-state index in [1.807, 2.05) is 5.38 Å². The first-order valence-electron chi connectivity index (χ1n) is 4.79. The molecule has 0 saturated carbocycles. The second-order valence-electron chi connectivity index (χ2n) is 3.32. The van der Waals surface area contributed by atoms with Crippen LogP contribution in [0.2, 0.25) is 0 Å². The third-order valence-corrected chi connectivity index (χ3v) is 3.07. The van der Waals surface area contributed by atoms with Gasteiger partial charge in [-0.25, -0.2) is 4.98 Å². The lowest BCUT2D eigenvalue weighted by Gasteiger charge is -2.08. The molecule has 0 amide bonds. The molecule has 14 heavy (non-hydrogen) atoms. The topological polar surface area (TPSA) is 54.4 Å². The molecule has 0 radical (unpaired) electrons. The summed E-state index contributed by atoms with van der Waals surface area (Å²) < 4.78 is 5.47. The van der Waals surface area contributed by atoms with E-state index in [2.05, 4.69) is 10.3 Å². The van der Waals surface area contributed by atoms with Gasteiger partial charge in [-0.1, -0.05) is 0 Å². The van der Waals surface area contributed by atoms with E-state index in [0.717, 1.165) is 36.8 Å². The first-order valence-corrected chi connectivity index (χ1v) is 5.67. The van der Waals surface area contributed by atoms with E-state index < -0.39 is 0 Å². The van der Waals surface area contributed by atoms with Crippen molar-refractivity contribution in [3.05, 3.63) is 11.1 Å². The van der Waals surface area contributed by atoms with Gasteiger partial charge in [-0.05, 0) is 12.8 Å². The monoisotopic (exact) mass is 214 g/mol. The number of anilines is 1. The van der Waals surface area contributed by atoms with Crippen LogP contribution >= 0.6 is 11.3 Å². The first-order chi connectivity index (χ1) is 6.88. The summed E-state index contributed by atoms with van der Waals surface area (Å²) in [6, 6.07) is 0. The van der Waals surface area contributed by atoms with Crippen molar-refractivity contribution in [3.8, 4) is 0 Å². The van der Waals surface area contributed by atoms with Crippen LogP contribution in [0.1, 0.15) is 18.5 Å². The van der Waals surface area contributed by atoms with Gasteiger partial charge in [-0.2, -0.15) is 0 Å². The highest BCUT2D eigenvalue weighted by atomic mass is 32.1. The summed E-state index contributed by atoms with van der Waals surface area (Å²) in [6.07, 6.45) is 2.62. The largest absolute Gasteiger partial charge is 0.390 e. The summed E-state index contributed by atoms with van der Waals surface area (Å²) in [7, 11) is 0. The fourth-order valence-corrected chi connectivity index (χ4v) is 2.18. The summed E-state index contributed by atoms with van der Waals surface area (Å²) in [6.45, 7) is 1.71. The Kier molecular flexibility index (Phi) is 3.34. The lowest BCUT2D eigenvalue weighted by molar-refractivity contribution is 0.120. The minimum atomic E-state index is 0.0120. The molecule has 1 unspecified atom stereocenters. The molecule has 1 fully saturated rings. The number of aromatic nitrogens is 1. The molecule has 1 aromatic heterocycles. The van der Waals surface area contributed by atoms with Crippen molar-refractivity contribution in [2.24, 2.45) is 0 Å². The molecule has 1 aromatic rings. The Balaban J connectivity index is 1.79. The molecule has 0 aromatic carbocycles. The van der Waals surface area contributed by atoms with Crippen molar-refractivity contribution in [1.29, 1.82) is 0 Å². The zero-order chi connectivity index (χ0) is 9.80. The molecule has 2 N–H and O–H groups in total. The van der Waals surface area contributed by atoms with Crippen molar-refractivity contribution in [3.63, 3.8) is 0 Å². The number of hydrogen-bond acceptors (Lipinski definition) is 5. The van der Waals surface area contributed by atoms with Gasteiger partial charge in [0.2, 0.25) is 0 Å². The van der Waals surface area contributed by atoms with E-state index in [1.54, 1.807) is 0 Å². The van der Waals surface area contributed by atoms with Crippen LogP contribution in [0.25, 0.3) is 0 Å². The molecule has 0 aliphatic carbocycles. The molecule has 5 heteroatoms. The third-order valence-electron chi connectivity index (χ3n) is 2.22. The fourth-order valence-electron chi connectivity index (χ4n) is 1.47. The van der Waals surface area contributed by atoms with Gasteiger partial charge in [0.15, 0.2) is 5.13 Å². The number of hydrogen-bond donors (Lipinski definition) is 2. The molecule has 4 nitrogen and oxygen atoms in total. The second-order valence-corrected chi connectivity index (χ2v) is 4.18. The molecule has 1 aliphatic rings. The van der Waals surface area contributed by atoms with Gasteiger partial charge in [0, 0.05) is 18.5 Å². The summed E-state index contributed by atoms with van der Waals surface area (Å²) in [4.78, 5) is 4.19. The lowest BCUT2D eigenvalue weighted by atomic mass is 10.2. The Morgan fingerprint density at radius 3 is 3.29 bits per heavy atom. The Morgan fingerprint density at radius 1 is 1.71 bits per heavy atom. The standard InChI is InChI=1S/C9H14N2O2S/c12-5-7-6-14-9(11-7)10-4-8-2-1-3-13-8/h6,8,12H,1-5H2,(H,10,11). The average Bonchev–Trinajstić information content (AvgIpc) is 2.86. The summed E-state index contributed by atoms with van der Waals surface area (Å²) in [5.41, 5.74) is 0.727. The Bertz CT molecular complexity index is 284. The highest BCUT2D eigenvalue weighted by Crippen LogP contribution is 2.17. The number of nitrogens with zero attached hydrogens (tertiary/aromatic N) is 1. The molecular formula is C9H14N2O2S. The van der Waals surface area contributed by atoms with Crippen molar-refractivity contribution in [1.82, 2.24) is 4.98 Å². The lowest BCUT2D eigenvalue weighted by Crippen LogP contribution is -2.18. The van der Waals surface area contributed by atoms with E-state index in [4.69, 9.17) is 9.84 Å². The maximum atomic E-state index is 8.82. The Labute approximate surface area is 86.9 Å². The van der Waals surface area contributed by atoms with Gasteiger partial charge in [-0.15, -0.1) is 11.3 Å². The molecule has 1 saturated heterocycles. The molecular weight excluding hydrogens is 200 g/mol. The van der Waals surface area contributed by atoms with E-state index in [-0.39, 0.29) is 6.61 Å². The Hall–Kier alpha value is -0.650. The average molecular weight is 214 g/mol. The van der Waals surface area contributed by atoms with Gasteiger partial charge in [0.05, 0.1) is 18.4 Å². The third kappa shape index (κ3) is 2.43. The number of thiazole rings is 1. The molecule has 0 bridgehead atoms. The van der Waals surface area contributed by atoms with E-state index in [0.29, 0.717) is 6.10 Å². The van der Waals surface area contributed by atoms with Crippen LogP contribution < -0.4 is 5.32 Å². The van der Waals surface area contributed by atoms with Crippen molar-refractivity contribution >= 4 is 16.5 Å². The van der Waals surface area contributed by atoms with Crippen LogP contribution in [-0.4, -0.2) is 29.3 Å². The zero-order valence-electron chi connectivity index (χ0n) is 7.90. The predicted molar refractivity (Wildman–Crippen MR) is 55.5 cm³/mol. The molecule has 0 spiro atoms. The van der Waals surface area contributed by atoms with E-state index in [9.17, 15) is 0 Å². The number of aliphatic hydroxyl groups excluding tert-OH is 1. The number of ether oxygens (including phenoxy) is 1. The quantitative estimate of drug-likeness (QED) is 0.791. The van der Waals surface area contributed by atoms with Crippen LogP contribution in [-0.2, 0) is 11.3 Å². The van der Waals surface area contributed by atoms with Gasteiger partial charge >= 0.3 is 0 Å². The SMILES string of the molecule is OCc1csc(NCC2CCCO2)n1. The maximum absolute atomic E-state index is 8.82. The minimum absolute atomic E-state index is 0.0120.